The summed E-state index contributed by atoms with van der Waals surface area (Å²) in [6.45, 7) is 1.76. The number of rotatable bonds is 8. The number of carboxylic acids is 1. The van der Waals surface area contributed by atoms with Crippen LogP contribution in [0.2, 0.25) is 0 Å². The van der Waals surface area contributed by atoms with Gasteiger partial charge in [0.15, 0.2) is 0 Å². The molecular weight excluding hydrogens is 386 g/mol. The first-order valence-corrected chi connectivity index (χ1v) is 9.66. The van der Waals surface area contributed by atoms with E-state index in [2.05, 4.69) is 5.32 Å². The van der Waals surface area contributed by atoms with E-state index >= 15 is 0 Å². The molecule has 0 saturated carbocycles. The molecule has 7 nitrogen and oxygen atoms in total. The highest BCUT2D eigenvalue weighted by Gasteiger charge is 2.30. The van der Waals surface area contributed by atoms with E-state index in [4.69, 9.17) is 14.6 Å². The Morgan fingerprint density at radius 3 is 2.23 bits per heavy atom. The van der Waals surface area contributed by atoms with Gasteiger partial charge in [0.1, 0.15) is 12.6 Å². The van der Waals surface area contributed by atoms with Crippen molar-refractivity contribution in [2.24, 2.45) is 0 Å². The third-order valence-corrected chi connectivity index (χ3v) is 4.89. The van der Waals surface area contributed by atoms with Gasteiger partial charge in [0.2, 0.25) is 0 Å². The smallest absolute Gasteiger partial charge is 0.407 e. The van der Waals surface area contributed by atoms with Gasteiger partial charge >= 0.3 is 18.0 Å². The summed E-state index contributed by atoms with van der Waals surface area (Å²) < 4.78 is 10.3. The third kappa shape index (κ3) is 4.86. The van der Waals surface area contributed by atoms with Crippen molar-refractivity contribution in [3.8, 4) is 11.1 Å². The van der Waals surface area contributed by atoms with Crippen molar-refractivity contribution < 1.29 is 29.0 Å². The SMILES string of the molecule is C/C=C/OC(=O)[C@H](CCC(=O)O)NC(=O)OCC1c2ccccc2-c2ccccc21. The average molecular weight is 409 g/mol. The maximum atomic E-state index is 12.4. The summed E-state index contributed by atoms with van der Waals surface area (Å²) in [5.41, 5.74) is 4.36. The van der Waals surface area contributed by atoms with Crippen LogP contribution in [-0.2, 0) is 19.1 Å². The normalized spacial score (nSPS) is 13.4. The van der Waals surface area contributed by atoms with Crippen molar-refractivity contribution in [2.75, 3.05) is 6.61 Å². The average Bonchev–Trinajstić information content (AvgIpc) is 3.07. The standard InChI is InChI=1S/C23H23NO6/c1-2-13-29-22(27)20(11-12-21(25)26)24-23(28)30-14-19-17-9-5-3-7-15(17)16-8-4-6-10-18(16)19/h2-10,13,19-20H,11-12,14H2,1H3,(H,24,28)(H,25,26)/b13-2+/t20-/m0/s1. The Kier molecular flexibility index (Phi) is 6.85. The highest BCUT2D eigenvalue weighted by atomic mass is 16.6. The zero-order valence-corrected chi connectivity index (χ0v) is 16.5. The zero-order valence-electron chi connectivity index (χ0n) is 16.5. The van der Waals surface area contributed by atoms with Gasteiger partial charge in [-0.05, 0) is 35.6 Å². The molecule has 0 heterocycles. The molecule has 7 heteroatoms. The predicted octanol–water partition coefficient (Wildman–Crippen LogP) is 3.84. The first-order valence-electron chi connectivity index (χ1n) is 9.66. The summed E-state index contributed by atoms with van der Waals surface area (Å²) in [6, 6.07) is 14.8. The van der Waals surface area contributed by atoms with Crippen molar-refractivity contribution in [3.63, 3.8) is 0 Å². The van der Waals surface area contributed by atoms with Crippen LogP contribution in [0.5, 0.6) is 0 Å². The fourth-order valence-electron chi connectivity index (χ4n) is 3.52. The largest absolute Gasteiger partial charge is 0.481 e. The summed E-state index contributed by atoms with van der Waals surface area (Å²) in [7, 11) is 0. The van der Waals surface area contributed by atoms with E-state index < -0.39 is 24.1 Å². The Balaban J connectivity index is 1.66. The van der Waals surface area contributed by atoms with Crippen molar-refractivity contribution in [2.45, 2.75) is 31.7 Å². The lowest BCUT2D eigenvalue weighted by Crippen LogP contribution is -2.42. The fourth-order valence-corrected chi connectivity index (χ4v) is 3.52. The number of esters is 1. The molecule has 2 aromatic rings. The number of hydrogen-bond acceptors (Lipinski definition) is 5. The monoisotopic (exact) mass is 409 g/mol. The number of allylic oxidation sites excluding steroid dienone is 1. The van der Waals surface area contributed by atoms with Gasteiger partial charge in [-0.25, -0.2) is 9.59 Å². The second-order valence-electron chi connectivity index (χ2n) is 6.86. The van der Waals surface area contributed by atoms with E-state index in [1.807, 2.05) is 48.5 Å². The van der Waals surface area contributed by atoms with Gasteiger partial charge in [-0.3, -0.25) is 4.79 Å². The van der Waals surface area contributed by atoms with E-state index in [0.717, 1.165) is 22.3 Å². The maximum absolute atomic E-state index is 12.4. The molecule has 0 fully saturated rings. The van der Waals surface area contributed by atoms with Crippen LogP contribution in [0.3, 0.4) is 0 Å². The van der Waals surface area contributed by atoms with Gasteiger partial charge in [-0.2, -0.15) is 0 Å². The van der Waals surface area contributed by atoms with E-state index in [-0.39, 0.29) is 25.4 Å². The summed E-state index contributed by atoms with van der Waals surface area (Å²) in [5, 5.41) is 11.3. The molecule has 0 aromatic heterocycles. The minimum Gasteiger partial charge on any atom is -0.481 e. The second-order valence-corrected chi connectivity index (χ2v) is 6.86. The highest BCUT2D eigenvalue weighted by molar-refractivity contribution is 5.83. The molecule has 0 aliphatic heterocycles. The lowest BCUT2D eigenvalue weighted by molar-refractivity contribution is -0.141. The number of ether oxygens (including phenoxy) is 2. The minimum absolute atomic E-state index is 0.0927. The first-order chi connectivity index (χ1) is 14.5. The molecule has 1 aliphatic rings. The Morgan fingerprint density at radius 2 is 1.67 bits per heavy atom. The number of carboxylic acid groups (broad SMARTS) is 1. The Labute approximate surface area is 174 Å². The lowest BCUT2D eigenvalue weighted by atomic mass is 9.98. The van der Waals surface area contributed by atoms with Gasteiger partial charge in [-0.15, -0.1) is 0 Å². The third-order valence-electron chi connectivity index (χ3n) is 4.89. The molecular formula is C23H23NO6. The van der Waals surface area contributed by atoms with E-state index in [1.54, 1.807) is 6.92 Å². The van der Waals surface area contributed by atoms with Crippen LogP contribution in [0.25, 0.3) is 11.1 Å². The Morgan fingerprint density at radius 1 is 1.07 bits per heavy atom. The van der Waals surface area contributed by atoms with Crippen LogP contribution in [0, 0.1) is 0 Å². The molecule has 0 radical (unpaired) electrons. The molecule has 156 valence electrons. The van der Waals surface area contributed by atoms with Crippen LogP contribution >= 0.6 is 0 Å². The molecule has 1 aliphatic carbocycles. The van der Waals surface area contributed by atoms with E-state index in [0.29, 0.717) is 0 Å². The quantitative estimate of drug-likeness (QED) is 0.507. The highest BCUT2D eigenvalue weighted by Crippen LogP contribution is 2.44. The molecule has 3 rings (SSSR count). The number of alkyl carbamates (subject to hydrolysis) is 1. The molecule has 1 amide bonds. The number of hydrogen-bond donors (Lipinski definition) is 2. The number of carbonyl (C=O) groups excluding carboxylic acids is 2. The number of fused-ring (bicyclic) bond motifs is 3. The first kappa shape index (κ1) is 21.1. The van der Waals surface area contributed by atoms with Crippen LogP contribution in [0.4, 0.5) is 4.79 Å². The Bertz CT molecular complexity index is 922. The molecule has 30 heavy (non-hydrogen) atoms. The van der Waals surface area contributed by atoms with Crippen molar-refractivity contribution >= 4 is 18.0 Å². The summed E-state index contributed by atoms with van der Waals surface area (Å²) in [5.74, 6) is -1.94. The second kappa shape index (κ2) is 9.73. The molecule has 0 spiro atoms. The van der Waals surface area contributed by atoms with E-state index in [9.17, 15) is 14.4 Å². The minimum atomic E-state index is -1.12. The molecule has 0 bridgehead atoms. The number of nitrogens with one attached hydrogen (secondary N) is 1. The molecule has 0 saturated heterocycles. The number of benzene rings is 2. The van der Waals surface area contributed by atoms with Gasteiger partial charge in [-0.1, -0.05) is 54.6 Å². The van der Waals surface area contributed by atoms with Gasteiger partial charge in [0.05, 0.1) is 6.26 Å². The molecule has 2 aromatic carbocycles. The van der Waals surface area contributed by atoms with E-state index in [1.165, 1.54) is 12.3 Å². The van der Waals surface area contributed by atoms with Crippen molar-refractivity contribution in [3.05, 3.63) is 72.0 Å². The number of aliphatic carboxylic acids is 1. The lowest BCUT2D eigenvalue weighted by Gasteiger charge is -2.18. The van der Waals surface area contributed by atoms with Gasteiger partial charge in [0, 0.05) is 12.3 Å². The van der Waals surface area contributed by atoms with Crippen molar-refractivity contribution in [1.29, 1.82) is 0 Å². The summed E-state index contributed by atoms with van der Waals surface area (Å²) >= 11 is 0. The number of carbonyl (C=O) groups is 3. The topological polar surface area (TPSA) is 102 Å². The zero-order chi connectivity index (χ0) is 21.5. The van der Waals surface area contributed by atoms with Crippen molar-refractivity contribution in [1.82, 2.24) is 5.32 Å². The molecule has 1 atom stereocenters. The van der Waals surface area contributed by atoms with Crippen LogP contribution in [-0.4, -0.2) is 35.8 Å². The number of amides is 1. The predicted molar refractivity (Wildman–Crippen MR) is 110 cm³/mol. The maximum Gasteiger partial charge on any atom is 0.407 e. The van der Waals surface area contributed by atoms with Crippen LogP contribution in [0.1, 0.15) is 36.8 Å². The van der Waals surface area contributed by atoms with Crippen LogP contribution in [0.15, 0.2) is 60.9 Å². The van der Waals surface area contributed by atoms with Gasteiger partial charge < -0.3 is 19.9 Å². The van der Waals surface area contributed by atoms with Gasteiger partial charge in [0.25, 0.3) is 0 Å². The fraction of sp³-hybridized carbons (Fsp3) is 0.261. The molecule has 0 unspecified atom stereocenters. The summed E-state index contributed by atoms with van der Waals surface area (Å²) in [4.78, 5) is 35.3. The Hall–Kier alpha value is -3.61. The van der Waals surface area contributed by atoms with Crippen LogP contribution < -0.4 is 5.32 Å². The molecule has 2 N–H and O–H groups in total. The summed E-state index contributed by atoms with van der Waals surface area (Å²) in [6.07, 6.45) is 1.49.